The van der Waals surface area contributed by atoms with Crippen molar-refractivity contribution in [2.75, 3.05) is 5.73 Å². The number of nitrogen functional groups attached to an aromatic ring is 1. The quantitative estimate of drug-likeness (QED) is 0.725. The van der Waals surface area contributed by atoms with Gasteiger partial charge in [0.1, 0.15) is 11.6 Å². The second-order valence-electron chi connectivity index (χ2n) is 4.36. The van der Waals surface area contributed by atoms with Crippen molar-refractivity contribution in [2.45, 2.75) is 6.42 Å². The molecule has 20 heavy (non-hydrogen) atoms. The minimum atomic E-state index is -0.483. The summed E-state index contributed by atoms with van der Waals surface area (Å²) in [6.07, 6.45) is 0.130. The number of nitriles is 1. The molecule has 0 bridgehead atoms. The van der Waals surface area contributed by atoms with Crippen LogP contribution in [0.3, 0.4) is 0 Å². The smallest absolute Gasteiger partial charge is 0.148 e. The molecule has 0 saturated carbocycles. The van der Waals surface area contributed by atoms with Gasteiger partial charge in [-0.1, -0.05) is 18.2 Å². The summed E-state index contributed by atoms with van der Waals surface area (Å²) in [6, 6.07) is 14.1. The lowest BCUT2D eigenvalue weighted by Gasteiger charge is -2.11. The summed E-state index contributed by atoms with van der Waals surface area (Å²) < 4.78 is 15.4. The van der Waals surface area contributed by atoms with Crippen LogP contribution in [0.1, 0.15) is 5.82 Å². The van der Waals surface area contributed by atoms with Gasteiger partial charge in [-0.05, 0) is 24.3 Å². The first kappa shape index (κ1) is 12.2. The summed E-state index contributed by atoms with van der Waals surface area (Å²) in [4.78, 5) is 4.41. The summed E-state index contributed by atoms with van der Waals surface area (Å²) in [7, 11) is 0. The molecule has 1 aromatic heterocycles. The van der Waals surface area contributed by atoms with Crippen molar-refractivity contribution >= 4 is 16.7 Å². The summed E-state index contributed by atoms with van der Waals surface area (Å²) in [6.45, 7) is 0. The lowest BCUT2D eigenvalue weighted by atomic mass is 10.2. The van der Waals surface area contributed by atoms with E-state index in [0.29, 0.717) is 11.5 Å². The van der Waals surface area contributed by atoms with E-state index in [9.17, 15) is 4.39 Å². The fraction of sp³-hybridized carbons (Fsp3) is 0.0667. The maximum atomic E-state index is 13.7. The third kappa shape index (κ3) is 1.79. The van der Waals surface area contributed by atoms with Gasteiger partial charge >= 0.3 is 0 Å². The predicted molar refractivity (Wildman–Crippen MR) is 74.8 cm³/mol. The number of nitrogens with zero attached hydrogens (tertiary/aromatic N) is 3. The van der Waals surface area contributed by atoms with Gasteiger partial charge in [0.2, 0.25) is 0 Å². The summed E-state index contributed by atoms with van der Waals surface area (Å²) >= 11 is 0. The second-order valence-corrected chi connectivity index (χ2v) is 4.36. The van der Waals surface area contributed by atoms with Gasteiger partial charge in [-0.25, -0.2) is 9.37 Å². The Balaban J connectivity index is 2.37. The van der Waals surface area contributed by atoms with Crippen molar-refractivity contribution in [3.63, 3.8) is 0 Å². The molecule has 0 spiro atoms. The molecule has 0 amide bonds. The number of nitrogens with two attached hydrogens (primary N) is 1. The van der Waals surface area contributed by atoms with Gasteiger partial charge in [0.25, 0.3) is 0 Å². The largest absolute Gasteiger partial charge is 0.395 e. The highest BCUT2D eigenvalue weighted by atomic mass is 19.1. The fourth-order valence-corrected chi connectivity index (χ4v) is 2.25. The number of hydrogen-bond donors (Lipinski definition) is 1. The van der Waals surface area contributed by atoms with Crippen molar-refractivity contribution < 1.29 is 4.39 Å². The van der Waals surface area contributed by atoms with E-state index in [4.69, 9.17) is 11.0 Å². The van der Waals surface area contributed by atoms with Crippen LogP contribution in [-0.2, 0) is 6.42 Å². The van der Waals surface area contributed by atoms with Gasteiger partial charge in [0, 0.05) is 0 Å². The topological polar surface area (TPSA) is 67.6 Å². The van der Waals surface area contributed by atoms with E-state index in [0.717, 1.165) is 11.0 Å². The van der Waals surface area contributed by atoms with E-state index < -0.39 is 5.82 Å². The number of para-hydroxylation sites is 3. The average Bonchev–Trinajstić information content (AvgIpc) is 2.80. The number of aromatic nitrogens is 2. The van der Waals surface area contributed by atoms with Crippen LogP contribution in [0, 0.1) is 17.1 Å². The molecule has 3 aromatic rings. The van der Waals surface area contributed by atoms with Gasteiger partial charge in [-0.3, -0.25) is 4.57 Å². The zero-order chi connectivity index (χ0) is 14.1. The summed E-state index contributed by atoms with van der Waals surface area (Å²) in [5.74, 6) is 0.0641. The molecule has 98 valence electrons. The Morgan fingerprint density at radius 2 is 2.00 bits per heavy atom. The molecule has 0 radical (unpaired) electrons. The third-order valence-electron chi connectivity index (χ3n) is 3.14. The van der Waals surface area contributed by atoms with Crippen LogP contribution in [-0.4, -0.2) is 9.55 Å². The molecule has 4 nitrogen and oxygen atoms in total. The van der Waals surface area contributed by atoms with Crippen LogP contribution in [0.5, 0.6) is 0 Å². The Kier molecular flexibility index (Phi) is 2.84. The number of rotatable bonds is 2. The molecule has 5 heteroatoms. The molecule has 2 aromatic carbocycles. The van der Waals surface area contributed by atoms with Gasteiger partial charge in [-0.2, -0.15) is 5.26 Å². The number of imidazole rings is 1. The maximum absolute atomic E-state index is 13.7. The highest BCUT2D eigenvalue weighted by Crippen LogP contribution is 2.27. The number of hydrogen-bond acceptors (Lipinski definition) is 3. The molecule has 0 saturated heterocycles. The van der Waals surface area contributed by atoms with Crippen molar-refractivity contribution in [1.29, 1.82) is 5.26 Å². The number of halogens is 1. The maximum Gasteiger partial charge on any atom is 0.148 e. The molecular weight excluding hydrogens is 255 g/mol. The molecule has 0 unspecified atom stereocenters. The molecule has 0 aliphatic rings. The van der Waals surface area contributed by atoms with Crippen LogP contribution in [0.25, 0.3) is 16.7 Å². The second kappa shape index (κ2) is 4.67. The van der Waals surface area contributed by atoms with Gasteiger partial charge < -0.3 is 5.73 Å². The first-order chi connectivity index (χ1) is 9.72. The Morgan fingerprint density at radius 1 is 1.20 bits per heavy atom. The molecule has 3 rings (SSSR count). The SMILES string of the molecule is N#CCc1nc2ccccc2n1-c1cccc(F)c1N. The van der Waals surface area contributed by atoms with Crippen molar-refractivity contribution in [1.82, 2.24) is 9.55 Å². The minimum Gasteiger partial charge on any atom is -0.395 e. The van der Waals surface area contributed by atoms with E-state index >= 15 is 0 Å². The van der Waals surface area contributed by atoms with Crippen LogP contribution < -0.4 is 5.73 Å². The van der Waals surface area contributed by atoms with Crippen molar-refractivity contribution in [3.8, 4) is 11.8 Å². The minimum absolute atomic E-state index is 0.0508. The van der Waals surface area contributed by atoms with E-state index in [1.54, 1.807) is 16.7 Å². The zero-order valence-electron chi connectivity index (χ0n) is 10.5. The fourth-order valence-electron chi connectivity index (χ4n) is 2.25. The molecular formula is C15H11FN4. The highest BCUT2D eigenvalue weighted by Gasteiger charge is 2.15. The molecule has 0 atom stereocenters. The normalized spacial score (nSPS) is 10.6. The summed E-state index contributed by atoms with van der Waals surface area (Å²) in [5, 5.41) is 8.93. The Bertz CT molecular complexity index is 829. The first-order valence-electron chi connectivity index (χ1n) is 6.10. The third-order valence-corrected chi connectivity index (χ3v) is 3.14. The van der Waals surface area contributed by atoms with Gasteiger partial charge in [0.15, 0.2) is 0 Å². The number of anilines is 1. The van der Waals surface area contributed by atoms with E-state index in [1.165, 1.54) is 6.07 Å². The number of fused-ring (bicyclic) bond motifs is 1. The predicted octanol–water partition coefficient (Wildman–Crippen LogP) is 2.81. The summed E-state index contributed by atoms with van der Waals surface area (Å²) in [5.41, 5.74) is 7.93. The van der Waals surface area contributed by atoms with E-state index in [1.807, 2.05) is 24.3 Å². The van der Waals surface area contributed by atoms with E-state index in [-0.39, 0.29) is 12.1 Å². The Morgan fingerprint density at radius 3 is 2.80 bits per heavy atom. The Hall–Kier alpha value is -2.87. The molecule has 1 heterocycles. The van der Waals surface area contributed by atoms with E-state index in [2.05, 4.69) is 11.1 Å². The molecule has 2 N–H and O–H groups in total. The van der Waals surface area contributed by atoms with Crippen LogP contribution in [0.2, 0.25) is 0 Å². The van der Waals surface area contributed by atoms with Gasteiger partial charge in [0.05, 0.1) is 34.9 Å². The standard InChI is InChI=1S/C15H11FN4/c16-10-4-3-7-13(15(10)18)20-12-6-2-1-5-11(12)19-14(20)8-9-17/h1-7H,8,18H2. The van der Waals surface area contributed by atoms with Crippen molar-refractivity contribution in [2.24, 2.45) is 0 Å². The highest BCUT2D eigenvalue weighted by molar-refractivity contribution is 5.80. The average molecular weight is 266 g/mol. The first-order valence-corrected chi connectivity index (χ1v) is 6.10. The zero-order valence-corrected chi connectivity index (χ0v) is 10.5. The number of benzene rings is 2. The van der Waals surface area contributed by atoms with Crippen molar-refractivity contribution in [3.05, 3.63) is 54.1 Å². The molecule has 0 aliphatic carbocycles. The Labute approximate surface area is 114 Å². The monoisotopic (exact) mass is 266 g/mol. The lowest BCUT2D eigenvalue weighted by Crippen LogP contribution is -2.05. The molecule has 0 fully saturated rings. The van der Waals surface area contributed by atoms with Gasteiger partial charge in [-0.15, -0.1) is 0 Å². The van der Waals surface area contributed by atoms with Crippen LogP contribution in [0.4, 0.5) is 10.1 Å². The van der Waals surface area contributed by atoms with Crippen LogP contribution in [0.15, 0.2) is 42.5 Å². The lowest BCUT2D eigenvalue weighted by molar-refractivity contribution is 0.631. The van der Waals surface area contributed by atoms with Crippen LogP contribution >= 0.6 is 0 Å². The molecule has 0 aliphatic heterocycles.